The lowest BCUT2D eigenvalue weighted by Crippen LogP contribution is -2.24. The summed E-state index contributed by atoms with van der Waals surface area (Å²) >= 11 is 2.23. The minimum atomic E-state index is -0.805. The minimum Gasteiger partial charge on any atom is -0.496 e. The van der Waals surface area contributed by atoms with Crippen molar-refractivity contribution in [1.82, 2.24) is 14.9 Å². The Morgan fingerprint density at radius 3 is 2.84 bits per heavy atom. The number of hydrogen-bond acceptors (Lipinski definition) is 6. The molecule has 136 valence electrons. The van der Waals surface area contributed by atoms with Gasteiger partial charge in [0.25, 0.3) is 0 Å². The summed E-state index contributed by atoms with van der Waals surface area (Å²) in [5.41, 5.74) is 0.838. The SMILES string of the molecule is COc1cc2c(NCCN(C)C)nc(N3CC[C@@H](F)C3)nc2cc1I. The van der Waals surface area contributed by atoms with Crippen LogP contribution in [-0.4, -0.2) is 68.4 Å². The molecule has 6 nitrogen and oxygen atoms in total. The van der Waals surface area contributed by atoms with Crippen LogP contribution in [-0.2, 0) is 0 Å². The van der Waals surface area contributed by atoms with Crippen molar-refractivity contribution in [2.75, 3.05) is 57.6 Å². The lowest BCUT2D eigenvalue weighted by molar-refractivity contribution is 0.364. The maximum atomic E-state index is 13.6. The summed E-state index contributed by atoms with van der Waals surface area (Å²) in [6, 6.07) is 3.95. The third-order valence-corrected chi connectivity index (χ3v) is 5.07. The molecule has 0 radical (unpaired) electrons. The van der Waals surface area contributed by atoms with Gasteiger partial charge in [0.2, 0.25) is 5.95 Å². The van der Waals surface area contributed by atoms with Crippen molar-refractivity contribution in [3.05, 3.63) is 15.7 Å². The van der Waals surface area contributed by atoms with Gasteiger partial charge in [-0.3, -0.25) is 0 Å². The first kappa shape index (κ1) is 18.4. The maximum absolute atomic E-state index is 13.6. The van der Waals surface area contributed by atoms with E-state index in [4.69, 9.17) is 4.74 Å². The Bertz CT molecular complexity index is 757. The quantitative estimate of drug-likeness (QED) is 0.671. The third kappa shape index (κ3) is 4.22. The highest BCUT2D eigenvalue weighted by atomic mass is 127. The molecule has 1 atom stereocenters. The number of aromatic nitrogens is 2. The van der Waals surface area contributed by atoms with Gasteiger partial charge in [0.15, 0.2) is 0 Å². The van der Waals surface area contributed by atoms with Crippen molar-refractivity contribution in [3.63, 3.8) is 0 Å². The van der Waals surface area contributed by atoms with Crippen molar-refractivity contribution in [2.45, 2.75) is 12.6 Å². The van der Waals surface area contributed by atoms with E-state index in [2.05, 4.69) is 42.8 Å². The van der Waals surface area contributed by atoms with Crippen LogP contribution in [0.15, 0.2) is 12.1 Å². The number of fused-ring (bicyclic) bond motifs is 1. The van der Waals surface area contributed by atoms with Crippen molar-refractivity contribution in [3.8, 4) is 5.75 Å². The normalized spacial score (nSPS) is 17.5. The second kappa shape index (κ2) is 7.86. The van der Waals surface area contributed by atoms with Gasteiger partial charge in [0.1, 0.15) is 17.7 Å². The van der Waals surface area contributed by atoms with Crippen molar-refractivity contribution in [1.29, 1.82) is 0 Å². The molecule has 1 saturated heterocycles. The minimum absolute atomic E-state index is 0.357. The van der Waals surface area contributed by atoms with Gasteiger partial charge >= 0.3 is 0 Å². The third-order valence-electron chi connectivity index (χ3n) is 4.22. The van der Waals surface area contributed by atoms with Gasteiger partial charge in [-0.1, -0.05) is 0 Å². The highest BCUT2D eigenvalue weighted by Crippen LogP contribution is 2.32. The highest BCUT2D eigenvalue weighted by molar-refractivity contribution is 14.1. The fourth-order valence-electron chi connectivity index (χ4n) is 2.85. The molecular formula is C17H23FIN5O. The van der Waals surface area contributed by atoms with Crippen molar-refractivity contribution >= 4 is 45.3 Å². The van der Waals surface area contributed by atoms with E-state index in [-0.39, 0.29) is 0 Å². The first-order valence-corrected chi connectivity index (χ1v) is 9.38. The first-order chi connectivity index (χ1) is 12.0. The van der Waals surface area contributed by atoms with E-state index in [1.165, 1.54) is 0 Å². The second-order valence-electron chi connectivity index (χ2n) is 6.44. The van der Waals surface area contributed by atoms with Crippen LogP contribution in [0.25, 0.3) is 10.9 Å². The molecule has 8 heteroatoms. The molecule has 1 aromatic carbocycles. The van der Waals surface area contributed by atoms with Crippen LogP contribution in [0.4, 0.5) is 16.2 Å². The van der Waals surface area contributed by atoms with Crippen LogP contribution in [0, 0.1) is 3.57 Å². The van der Waals surface area contributed by atoms with Gasteiger partial charge in [-0.25, -0.2) is 9.37 Å². The summed E-state index contributed by atoms with van der Waals surface area (Å²) in [6.07, 6.45) is -0.272. The number of benzene rings is 1. The number of methoxy groups -OCH3 is 1. The molecule has 3 rings (SSSR count). The van der Waals surface area contributed by atoms with Gasteiger partial charge < -0.3 is 19.9 Å². The van der Waals surface area contributed by atoms with E-state index >= 15 is 0 Å². The zero-order valence-electron chi connectivity index (χ0n) is 14.7. The summed E-state index contributed by atoms with van der Waals surface area (Å²) in [6.45, 7) is 2.66. The van der Waals surface area contributed by atoms with E-state index < -0.39 is 6.17 Å². The van der Waals surface area contributed by atoms with Gasteiger partial charge in [-0.2, -0.15) is 4.98 Å². The van der Waals surface area contributed by atoms with Gasteiger partial charge in [-0.05, 0) is 55.2 Å². The maximum Gasteiger partial charge on any atom is 0.227 e. The van der Waals surface area contributed by atoms with Crippen LogP contribution in [0.1, 0.15) is 6.42 Å². The monoisotopic (exact) mass is 459 g/mol. The Kier molecular flexibility index (Phi) is 5.78. The second-order valence-corrected chi connectivity index (χ2v) is 7.60. The van der Waals surface area contributed by atoms with E-state index in [9.17, 15) is 4.39 Å². The molecular weight excluding hydrogens is 436 g/mol. The lowest BCUT2D eigenvalue weighted by atomic mass is 10.2. The average Bonchev–Trinajstić information content (AvgIpc) is 3.00. The van der Waals surface area contributed by atoms with Crippen molar-refractivity contribution in [2.24, 2.45) is 0 Å². The molecule has 1 aromatic heterocycles. The smallest absolute Gasteiger partial charge is 0.227 e. The Balaban J connectivity index is 2.01. The first-order valence-electron chi connectivity index (χ1n) is 8.31. The molecule has 0 spiro atoms. The number of hydrogen-bond donors (Lipinski definition) is 1. The summed E-state index contributed by atoms with van der Waals surface area (Å²) in [5.74, 6) is 2.14. The molecule has 0 amide bonds. The zero-order chi connectivity index (χ0) is 18.0. The molecule has 25 heavy (non-hydrogen) atoms. The van der Waals surface area contributed by atoms with Crippen LogP contribution in [0.5, 0.6) is 5.75 Å². The molecule has 1 aliphatic rings. The average molecular weight is 459 g/mol. The largest absolute Gasteiger partial charge is 0.496 e. The van der Waals surface area contributed by atoms with Gasteiger partial charge in [0.05, 0.1) is 22.7 Å². The van der Waals surface area contributed by atoms with E-state index in [0.717, 1.165) is 39.1 Å². The number of nitrogens with one attached hydrogen (secondary N) is 1. The zero-order valence-corrected chi connectivity index (χ0v) is 16.9. The Morgan fingerprint density at radius 1 is 1.40 bits per heavy atom. The standard InChI is InChI=1S/C17H23FIN5O/c1-23(2)7-5-20-16-12-8-15(25-3)13(19)9-14(12)21-17(22-16)24-6-4-11(18)10-24/h8-9,11H,4-7,10H2,1-3H3,(H,20,21,22)/t11-/m1/s1. The lowest BCUT2D eigenvalue weighted by Gasteiger charge is -2.19. The van der Waals surface area contributed by atoms with Gasteiger partial charge in [-0.15, -0.1) is 0 Å². The number of alkyl halides is 1. The summed E-state index contributed by atoms with van der Waals surface area (Å²) in [7, 11) is 5.72. The molecule has 0 unspecified atom stereocenters. The number of rotatable bonds is 6. The molecule has 2 heterocycles. The Hall–Kier alpha value is -1.42. The van der Waals surface area contributed by atoms with E-state index in [1.54, 1.807) is 7.11 Å². The predicted molar refractivity (Wildman–Crippen MR) is 108 cm³/mol. The summed E-state index contributed by atoms with van der Waals surface area (Å²) < 4.78 is 20.0. The fraction of sp³-hybridized carbons (Fsp3) is 0.529. The number of ether oxygens (including phenoxy) is 1. The number of nitrogens with zero attached hydrogens (tertiary/aromatic N) is 4. The number of likely N-dealkylation sites (N-methyl/N-ethyl adjacent to an activating group) is 1. The van der Waals surface area contributed by atoms with Crippen LogP contribution in [0.3, 0.4) is 0 Å². The molecule has 2 aromatic rings. The number of halogens is 2. The van der Waals surface area contributed by atoms with Crippen LogP contribution >= 0.6 is 22.6 Å². The van der Waals surface area contributed by atoms with Crippen LogP contribution in [0.2, 0.25) is 0 Å². The highest BCUT2D eigenvalue weighted by Gasteiger charge is 2.25. The van der Waals surface area contributed by atoms with Crippen LogP contribution < -0.4 is 15.0 Å². The molecule has 1 aliphatic heterocycles. The molecule has 0 saturated carbocycles. The predicted octanol–water partition coefficient (Wildman–Crippen LogP) is 2.76. The molecule has 1 N–H and O–H groups in total. The summed E-state index contributed by atoms with van der Waals surface area (Å²) in [4.78, 5) is 13.4. The number of anilines is 2. The Morgan fingerprint density at radius 2 is 2.20 bits per heavy atom. The van der Waals surface area contributed by atoms with E-state index in [0.29, 0.717) is 25.5 Å². The Labute approximate surface area is 160 Å². The summed E-state index contributed by atoms with van der Waals surface area (Å²) in [5, 5.41) is 4.31. The fourth-order valence-corrected chi connectivity index (χ4v) is 3.52. The van der Waals surface area contributed by atoms with Gasteiger partial charge in [0, 0.05) is 25.0 Å². The topological polar surface area (TPSA) is 53.5 Å². The molecule has 0 bridgehead atoms. The molecule has 0 aliphatic carbocycles. The molecule has 1 fully saturated rings. The van der Waals surface area contributed by atoms with E-state index in [1.807, 2.05) is 31.1 Å². The van der Waals surface area contributed by atoms with Crippen molar-refractivity contribution < 1.29 is 9.13 Å².